The Morgan fingerprint density at radius 3 is 2.00 bits per heavy atom. The van der Waals surface area contributed by atoms with E-state index in [1.807, 2.05) is 57.3 Å². The summed E-state index contributed by atoms with van der Waals surface area (Å²) in [5, 5.41) is 3.14. The van der Waals surface area contributed by atoms with E-state index >= 15 is 0 Å². The molecule has 26 heavy (non-hydrogen) atoms. The minimum Gasteiger partial charge on any atom is -0.316 e. The van der Waals surface area contributed by atoms with Crippen LogP contribution in [0.1, 0.15) is 16.8 Å². The second kappa shape index (κ2) is 8.08. The maximum absolute atomic E-state index is 13.4. The van der Waals surface area contributed by atoms with Crippen LogP contribution in [0.15, 0.2) is 65.6 Å². The van der Waals surface area contributed by atoms with E-state index < -0.39 is 10.0 Å². The number of nitrogens with one attached hydrogen (secondary N) is 1. The predicted octanol–water partition coefficient (Wildman–Crippen LogP) is 4.15. The van der Waals surface area contributed by atoms with Crippen LogP contribution < -0.4 is 5.32 Å². The second-order valence-corrected chi connectivity index (χ2v) is 7.80. The van der Waals surface area contributed by atoms with E-state index in [2.05, 4.69) is 5.32 Å². The van der Waals surface area contributed by atoms with Crippen molar-refractivity contribution < 1.29 is 8.42 Å². The number of aromatic nitrogens is 1. The molecule has 0 saturated carbocycles. The predicted molar refractivity (Wildman–Crippen MR) is 108 cm³/mol. The molecule has 1 N–H and O–H groups in total. The van der Waals surface area contributed by atoms with Gasteiger partial charge in [0, 0.05) is 12.2 Å². The molecule has 0 saturated heterocycles. The highest BCUT2D eigenvalue weighted by atomic mass is 35.5. The van der Waals surface area contributed by atoms with Crippen molar-refractivity contribution >= 4 is 22.4 Å². The van der Waals surface area contributed by atoms with Crippen molar-refractivity contribution in [3.63, 3.8) is 0 Å². The molecule has 0 spiro atoms. The number of hydrogen-bond acceptors (Lipinski definition) is 3. The lowest BCUT2D eigenvalue weighted by Gasteiger charge is -2.13. The van der Waals surface area contributed by atoms with Gasteiger partial charge in [-0.2, -0.15) is 0 Å². The highest BCUT2D eigenvalue weighted by molar-refractivity contribution is 7.90. The quantitative estimate of drug-likeness (QED) is 0.712. The fourth-order valence-corrected chi connectivity index (χ4v) is 4.89. The third-order valence-corrected chi connectivity index (χ3v) is 6.24. The summed E-state index contributed by atoms with van der Waals surface area (Å²) in [4.78, 5) is 0.293. The van der Waals surface area contributed by atoms with Gasteiger partial charge in [0.1, 0.15) is 0 Å². The fraction of sp³-hybridized carbons (Fsp3) is 0.200. The molecular formula is C20H23ClN2O2S. The molecule has 1 aromatic heterocycles. The highest BCUT2D eigenvalue weighted by Gasteiger charge is 2.27. The van der Waals surface area contributed by atoms with E-state index in [9.17, 15) is 8.42 Å². The first-order valence-corrected chi connectivity index (χ1v) is 9.64. The van der Waals surface area contributed by atoms with E-state index in [0.29, 0.717) is 11.4 Å². The Labute approximate surface area is 161 Å². The van der Waals surface area contributed by atoms with Gasteiger partial charge in [0.2, 0.25) is 0 Å². The molecule has 6 heteroatoms. The summed E-state index contributed by atoms with van der Waals surface area (Å²) in [7, 11) is -1.81. The van der Waals surface area contributed by atoms with Crippen LogP contribution in [-0.2, 0) is 16.6 Å². The van der Waals surface area contributed by atoms with Gasteiger partial charge in [-0.05, 0) is 49.7 Å². The van der Waals surface area contributed by atoms with Gasteiger partial charge >= 0.3 is 0 Å². The molecule has 4 nitrogen and oxygen atoms in total. The third kappa shape index (κ3) is 3.43. The monoisotopic (exact) mass is 390 g/mol. The summed E-state index contributed by atoms with van der Waals surface area (Å²) in [6.45, 7) is 4.47. The number of rotatable bonds is 5. The summed E-state index contributed by atoms with van der Waals surface area (Å²) >= 11 is 0. The maximum Gasteiger partial charge on any atom is 0.268 e. The van der Waals surface area contributed by atoms with E-state index in [4.69, 9.17) is 0 Å². The zero-order valence-corrected chi connectivity index (χ0v) is 16.7. The van der Waals surface area contributed by atoms with Crippen molar-refractivity contribution in [3.05, 3.63) is 77.5 Å². The van der Waals surface area contributed by atoms with Crippen molar-refractivity contribution in [3.8, 4) is 11.3 Å². The number of halogens is 1. The van der Waals surface area contributed by atoms with Gasteiger partial charge in [0.05, 0.1) is 10.6 Å². The largest absolute Gasteiger partial charge is 0.316 e. The molecule has 3 rings (SSSR count). The maximum atomic E-state index is 13.4. The van der Waals surface area contributed by atoms with Crippen LogP contribution in [0, 0.1) is 13.8 Å². The molecule has 0 bridgehead atoms. The summed E-state index contributed by atoms with van der Waals surface area (Å²) in [6, 6.07) is 18.3. The average molecular weight is 391 g/mol. The van der Waals surface area contributed by atoms with Crippen molar-refractivity contribution in [1.29, 1.82) is 0 Å². The summed E-state index contributed by atoms with van der Waals surface area (Å²) in [6.07, 6.45) is 0. The Kier molecular flexibility index (Phi) is 6.29. The van der Waals surface area contributed by atoms with Gasteiger partial charge in [-0.3, -0.25) is 0 Å². The summed E-state index contributed by atoms with van der Waals surface area (Å²) in [5.74, 6) is 0. The number of hydrogen-bond donors (Lipinski definition) is 1. The standard InChI is InChI=1S/C20H22N2O2S.ClH/c1-15-19(14-21-3)16(2)22(20(15)17-10-6-4-7-11-17)25(23,24)18-12-8-5-9-13-18;/h4-13,21H,14H2,1-3H3;1H. The molecule has 0 amide bonds. The Bertz CT molecular complexity index is 982. The zero-order chi connectivity index (χ0) is 18.0. The van der Waals surface area contributed by atoms with Crippen molar-refractivity contribution in [2.24, 2.45) is 0 Å². The third-order valence-electron chi connectivity index (χ3n) is 4.43. The highest BCUT2D eigenvalue weighted by Crippen LogP contribution is 2.34. The minimum absolute atomic E-state index is 0. The van der Waals surface area contributed by atoms with Gasteiger partial charge in [-0.1, -0.05) is 48.5 Å². The lowest BCUT2D eigenvalue weighted by Crippen LogP contribution is -2.16. The topological polar surface area (TPSA) is 51.1 Å². The zero-order valence-electron chi connectivity index (χ0n) is 15.1. The Balaban J connectivity index is 0.00000243. The minimum atomic E-state index is -3.68. The fourth-order valence-electron chi connectivity index (χ4n) is 3.22. The second-order valence-electron chi connectivity index (χ2n) is 6.02. The first kappa shape index (κ1) is 20.2. The van der Waals surface area contributed by atoms with Crippen LogP contribution in [0.25, 0.3) is 11.3 Å². The van der Waals surface area contributed by atoms with E-state index in [-0.39, 0.29) is 12.4 Å². The Hall–Kier alpha value is -2.08. The van der Waals surface area contributed by atoms with Crippen LogP contribution >= 0.6 is 12.4 Å². The molecule has 0 aliphatic carbocycles. The molecule has 0 radical (unpaired) electrons. The van der Waals surface area contributed by atoms with E-state index in [1.54, 1.807) is 24.3 Å². The molecule has 3 aromatic rings. The Morgan fingerprint density at radius 2 is 1.46 bits per heavy atom. The first-order chi connectivity index (χ1) is 12.0. The van der Waals surface area contributed by atoms with E-state index in [1.165, 1.54) is 3.97 Å². The van der Waals surface area contributed by atoms with Gasteiger partial charge in [-0.25, -0.2) is 12.4 Å². The SMILES string of the molecule is CNCc1c(C)c(-c2ccccc2)n(S(=O)(=O)c2ccccc2)c1C.Cl. The molecule has 2 aromatic carbocycles. The summed E-state index contributed by atoms with van der Waals surface area (Å²) < 4.78 is 28.2. The molecule has 138 valence electrons. The van der Waals surface area contributed by atoms with Gasteiger partial charge in [-0.15, -0.1) is 12.4 Å². The van der Waals surface area contributed by atoms with Gasteiger partial charge < -0.3 is 5.32 Å². The smallest absolute Gasteiger partial charge is 0.268 e. The Morgan fingerprint density at radius 1 is 0.923 bits per heavy atom. The van der Waals surface area contributed by atoms with Gasteiger partial charge in [0.25, 0.3) is 10.0 Å². The van der Waals surface area contributed by atoms with Crippen LogP contribution in [0.2, 0.25) is 0 Å². The van der Waals surface area contributed by atoms with Gasteiger partial charge in [0.15, 0.2) is 0 Å². The van der Waals surface area contributed by atoms with Crippen molar-refractivity contribution in [2.75, 3.05) is 7.05 Å². The van der Waals surface area contributed by atoms with Crippen molar-refractivity contribution in [1.82, 2.24) is 9.29 Å². The van der Waals surface area contributed by atoms with Crippen LogP contribution in [0.3, 0.4) is 0 Å². The average Bonchev–Trinajstić information content (AvgIpc) is 2.89. The van der Waals surface area contributed by atoms with E-state index in [0.717, 1.165) is 28.1 Å². The van der Waals surface area contributed by atoms with Crippen LogP contribution in [0.5, 0.6) is 0 Å². The van der Waals surface area contributed by atoms with Crippen LogP contribution in [0.4, 0.5) is 0 Å². The lowest BCUT2D eigenvalue weighted by atomic mass is 10.1. The normalized spacial score (nSPS) is 11.2. The molecule has 0 aliphatic rings. The molecule has 0 atom stereocenters. The van der Waals surface area contributed by atoms with Crippen LogP contribution in [-0.4, -0.2) is 19.4 Å². The molecule has 0 unspecified atom stereocenters. The lowest BCUT2D eigenvalue weighted by molar-refractivity contribution is 0.586. The summed E-state index contributed by atoms with van der Waals surface area (Å²) in [5.41, 5.74) is 4.37. The van der Waals surface area contributed by atoms with Crippen molar-refractivity contribution in [2.45, 2.75) is 25.3 Å². The molecule has 0 aliphatic heterocycles. The molecule has 0 fully saturated rings. The molecule has 1 heterocycles. The first-order valence-electron chi connectivity index (χ1n) is 8.20. The number of benzene rings is 2. The molecular weight excluding hydrogens is 368 g/mol. The number of nitrogens with zero attached hydrogens (tertiary/aromatic N) is 1.